The molecule has 0 bridgehead atoms. The average molecular weight is 597 g/mol. The molecule has 2 aromatic carbocycles. The standard InChI is InChI=1S/C32H37FN2O6S/c1-7-39-29(36)16-22-9-8-20(2)12-28(22)40-18-21-13-23-15-24(19-38-6)41-31(23)26(14-21)25-10-11-34-27(30(25)33)17-35-42(37)32(3,4)5/h8-15,35H,7,16-19H2,1-6H3/t42-/m0/s1. The number of rotatable bonds is 12. The molecule has 1 atom stereocenters. The van der Waals surface area contributed by atoms with E-state index in [0.717, 1.165) is 22.1 Å². The molecular formula is C32H37FN2O6S. The van der Waals surface area contributed by atoms with Gasteiger partial charge in [-0.25, -0.2) is 4.39 Å². The fourth-order valence-corrected chi connectivity index (χ4v) is 5.11. The molecule has 0 aliphatic heterocycles. The number of benzene rings is 2. The molecule has 0 unspecified atom stereocenters. The first-order valence-corrected chi connectivity index (χ1v) is 14.9. The highest BCUT2D eigenvalue weighted by molar-refractivity contribution is 7.90. The Hall–Kier alpha value is -3.44. The van der Waals surface area contributed by atoms with Crippen molar-refractivity contribution in [1.82, 2.24) is 9.71 Å². The number of aromatic nitrogens is 1. The topological polar surface area (TPSA) is 106 Å². The van der Waals surface area contributed by atoms with Crippen LogP contribution in [0.2, 0.25) is 0 Å². The highest BCUT2D eigenvalue weighted by atomic mass is 32.2. The number of halogens is 1. The molecule has 1 N–H and O–H groups in total. The molecule has 2 heterocycles. The van der Waals surface area contributed by atoms with Crippen LogP contribution in [0.5, 0.6) is 5.75 Å². The number of furan rings is 1. The van der Waals surface area contributed by atoms with Gasteiger partial charge in [-0.15, -0.1) is 4.72 Å². The van der Waals surface area contributed by atoms with Crippen molar-refractivity contribution in [3.05, 3.63) is 82.6 Å². The molecule has 0 amide bonds. The number of nitrogens with one attached hydrogen (secondary N) is 1. The van der Waals surface area contributed by atoms with Crippen molar-refractivity contribution >= 4 is 28.3 Å². The highest BCUT2D eigenvalue weighted by Crippen LogP contribution is 2.35. The first-order chi connectivity index (χ1) is 20.0. The van der Waals surface area contributed by atoms with Gasteiger partial charge in [-0.3, -0.25) is 9.78 Å². The summed E-state index contributed by atoms with van der Waals surface area (Å²) in [5.41, 5.74) is 3.96. The zero-order valence-electron chi connectivity index (χ0n) is 24.8. The van der Waals surface area contributed by atoms with E-state index < -0.39 is 21.9 Å². The zero-order valence-corrected chi connectivity index (χ0v) is 25.7. The summed E-state index contributed by atoms with van der Waals surface area (Å²) >= 11 is -1.39. The van der Waals surface area contributed by atoms with Crippen molar-refractivity contribution in [1.29, 1.82) is 0 Å². The Morgan fingerprint density at radius 1 is 1.12 bits per heavy atom. The van der Waals surface area contributed by atoms with E-state index >= 15 is 4.39 Å². The summed E-state index contributed by atoms with van der Waals surface area (Å²) in [6, 6.07) is 12.9. The Morgan fingerprint density at radius 2 is 1.90 bits per heavy atom. The fraction of sp³-hybridized carbons (Fsp3) is 0.375. The number of aryl methyl sites for hydroxylation is 1. The van der Waals surface area contributed by atoms with E-state index in [-0.39, 0.29) is 37.8 Å². The van der Waals surface area contributed by atoms with Crippen molar-refractivity contribution < 1.29 is 32.4 Å². The molecule has 4 rings (SSSR count). The van der Waals surface area contributed by atoms with Crippen LogP contribution < -0.4 is 9.46 Å². The second kappa shape index (κ2) is 13.7. The predicted molar refractivity (Wildman–Crippen MR) is 161 cm³/mol. The van der Waals surface area contributed by atoms with Crippen LogP contribution in [0.4, 0.5) is 4.39 Å². The van der Waals surface area contributed by atoms with Crippen LogP contribution in [-0.4, -0.2) is 34.0 Å². The van der Waals surface area contributed by atoms with Crippen LogP contribution in [0, 0.1) is 12.7 Å². The SMILES string of the molecule is CCOC(=O)Cc1ccc(C)cc1OCc1cc(-c2ccnc(CN[S@@+]([O-])C(C)(C)C)c2F)c2oc(COC)cc2c1. The molecular weight excluding hydrogens is 559 g/mol. The van der Waals surface area contributed by atoms with Crippen molar-refractivity contribution in [2.75, 3.05) is 13.7 Å². The Bertz CT molecular complexity index is 1550. The smallest absolute Gasteiger partial charge is 0.310 e. The van der Waals surface area contributed by atoms with Crippen LogP contribution in [0.1, 0.15) is 55.8 Å². The first-order valence-electron chi connectivity index (χ1n) is 13.7. The maximum absolute atomic E-state index is 15.9. The average Bonchev–Trinajstić information content (AvgIpc) is 3.34. The maximum atomic E-state index is 15.9. The zero-order chi connectivity index (χ0) is 30.4. The minimum absolute atomic E-state index is 0.000814. The number of carbonyl (C=O) groups excluding carboxylic acids is 1. The van der Waals surface area contributed by atoms with Gasteiger partial charge in [0.25, 0.3) is 0 Å². The summed E-state index contributed by atoms with van der Waals surface area (Å²) in [5.74, 6) is 0.311. The van der Waals surface area contributed by atoms with Gasteiger partial charge in [0, 0.05) is 46.7 Å². The highest BCUT2D eigenvalue weighted by Gasteiger charge is 2.27. The number of pyridine rings is 1. The van der Waals surface area contributed by atoms with Gasteiger partial charge in [0.2, 0.25) is 0 Å². The third kappa shape index (κ3) is 7.69. The molecule has 10 heteroatoms. The molecule has 0 aliphatic rings. The second-order valence-electron chi connectivity index (χ2n) is 10.9. The summed E-state index contributed by atoms with van der Waals surface area (Å²) < 4.78 is 53.5. The predicted octanol–water partition coefficient (Wildman–Crippen LogP) is 6.33. The van der Waals surface area contributed by atoms with Gasteiger partial charge in [0.1, 0.15) is 35.1 Å². The van der Waals surface area contributed by atoms with Gasteiger partial charge in [-0.05, 0) is 76.1 Å². The number of nitrogens with zero attached hydrogens (tertiary/aromatic N) is 1. The minimum Gasteiger partial charge on any atom is -0.598 e. The molecule has 0 saturated heterocycles. The van der Waals surface area contributed by atoms with E-state index in [1.807, 2.05) is 64.1 Å². The molecule has 0 fully saturated rings. The number of carbonyl (C=O) groups is 1. The van der Waals surface area contributed by atoms with Crippen molar-refractivity contribution in [2.45, 2.75) is 65.5 Å². The third-order valence-electron chi connectivity index (χ3n) is 6.45. The number of hydrogen-bond donors (Lipinski definition) is 1. The Labute approximate surface area is 248 Å². The third-order valence-corrected chi connectivity index (χ3v) is 7.97. The number of ether oxygens (including phenoxy) is 3. The lowest BCUT2D eigenvalue weighted by Gasteiger charge is -2.23. The summed E-state index contributed by atoms with van der Waals surface area (Å²) in [5, 5.41) is 0.763. The number of esters is 1. The second-order valence-corrected chi connectivity index (χ2v) is 13.0. The van der Waals surface area contributed by atoms with Crippen molar-refractivity contribution in [2.24, 2.45) is 0 Å². The Balaban J connectivity index is 1.69. The molecule has 42 heavy (non-hydrogen) atoms. The van der Waals surface area contributed by atoms with E-state index in [2.05, 4.69) is 9.71 Å². The summed E-state index contributed by atoms with van der Waals surface area (Å²) in [4.78, 5) is 16.4. The molecule has 2 aromatic heterocycles. The number of hydrogen-bond acceptors (Lipinski definition) is 8. The van der Waals surface area contributed by atoms with E-state index in [9.17, 15) is 9.35 Å². The molecule has 4 aromatic rings. The van der Waals surface area contributed by atoms with E-state index in [1.54, 1.807) is 20.1 Å². The maximum Gasteiger partial charge on any atom is 0.310 e. The first kappa shape index (κ1) is 31.5. The van der Waals surface area contributed by atoms with Gasteiger partial charge in [0.05, 0.1) is 25.3 Å². The van der Waals surface area contributed by atoms with Gasteiger partial charge in [0.15, 0.2) is 5.82 Å². The lowest BCUT2D eigenvalue weighted by Crippen LogP contribution is -2.39. The molecule has 0 radical (unpaired) electrons. The lowest BCUT2D eigenvalue weighted by atomic mass is 10.00. The number of fused-ring (bicyclic) bond motifs is 1. The van der Waals surface area contributed by atoms with Crippen molar-refractivity contribution in [3.8, 4) is 16.9 Å². The number of methoxy groups -OCH3 is 1. The fourth-order valence-electron chi connectivity index (χ4n) is 4.40. The summed E-state index contributed by atoms with van der Waals surface area (Å²) in [7, 11) is 1.58. The van der Waals surface area contributed by atoms with Crippen LogP contribution >= 0.6 is 0 Å². The minimum atomic E-state index is -1.39. The molecule has 224 valence electrons. The van der Waals surface area contributed by atoms with Gasteiger partial charge in [-0.2, -0.15) is 0 Å². The van der Waals surface area contributed by atoms with E-state index in [1.165, 1.54) is 6.20 Å². The molecule has 0 aliphatic carbocycles. The van der Waals surface area contributed by atoms with Gasteiger partial charge < -0.3 is 23.2 Å². The molecule has 0 saturated carbocycles. The largest absolute Gasteiger partial charge is 0.598 e. The van der Waals surface area contributed by atoms with Gasteiger partial charge >= 0.3 is 5.97 Å². The van der Waals surface area contributed by atoms with Crippen LogP contribution in [0.3, 0.4) is 0 Å². The van der Waals surface area contributed by atoms with Crippen LogP contribution in [-0.2, 0) is 51.8 Å². The molecule has 0 spiro atoms. The van der Waals surface area contributed by atoms with E-state index in [4.69, 9.17) is 18.6 Å². The van der Waals surface area contributed by atoms with Gasteiger partial charge in [-0.1, -0.05) is 12.1 Å². The Morgan fingerprint density at radius 3 is 2.62 bits per heavy atom. The summed E-state index contributed by atoms with van der Waals surface area (Å²) in [6.07, 6.45) is 1.62. The van der Waals surface area contributed by atoms with Crippen LogP contribution in [0.15, 0.2) is 53.1 Å². The monoisotopic (exact) mass is 596 g/mol. The Kier molecular flexibility index (Phi) is 10.3. The lowest BCUT2D eigenvalue weighted by molar-refractivity contribution is -0.142. The quantitative estimate of drug-likeness (QED) is 0.150. The van der Waals surface area contributed by atoms with E-state index in [0.29, 0.717) is 34.8 Å². The molecule has 8 nitrogen and oxygen atoms in total. The van der Waals surface area contributed by atoms with Crippen LogP contribution in [0.25, 0.3) is 22.1 Å². The van der Waals surface area contributed by atoms with Crippen molar-refractivity contribution in [3.63, 3.8) is 0 Å². The normalized spacial score (nSPS) is 12.5. The summed E-state index contributed by atoms with van der Waals surface area (Å²) in [6.45, 7) is 9.96.